The monoisotopic (exact) mass is 1940 g/mol. The number of carbonyl (C=O) groups is 5. The van der Waals surface area contributed by atoms with Crippen molar-refractivity contribution in [1.82, 2.24) is 62.1 Å². The topological polar surface area (TPSA) is 298 Å². The van der Waals surface area contributed by atoms with Gasteiger partial charge in [-0.05, 0) is 239 Å². The number of nitrogens with one attached hydrogen (secondary N) is 8. The van der Waals surface area contributed by atoms with Gasteiger partial charge in [0.1, 0.15) is 23.2 Å². The number of nitrogens with zero attached hydrogens (tertiary/aromatic N) is 10. The van der Waals surface area contributed by atoms with Crippen LogP contribution in [0, 0.1) is 78.8 Å². The van der Waals surface area contributed by atoms with Crippen LogP contribution in [0.3, 0.4) is 0 Å². The van der Waals surface area contributed by atoms with Crippen LogP contribution in [0.5, 0.6) is 5.75 Å². The van der Waals surface area contributed by atoms with E-state index in [9.17, 15) is 29.1 Å². The first kappa shape index (κ1) is 125. The number of phenolic OH excluding ortho intramolecular Hbond substituents is 1. The van der Waals surface area contributed by atoms with Crippen molar-refractivity contribution in [3.63, 3.8) is 0 Å². The lowest BCUT2D eigenvalue weighted by Crippen LogP contribution is -2.58. The maximum absolute atomic E-state index is 12.6. The normalized spacial score (nSPS) is 23.7. The minimum atomic E-state index is 0.0746. The molecular weight excluding hydrogens is 1720 g/mol. The highest BCUT2D eigenvalue weighted by Crippen LogP contribution is 2.39. The molecule has 0 bridgehead atoms. The van der Waals surface area contributed by atoms with Gasteiger partial charge in [-0.25, -0.2) is 9.98 Å². The molecule has 9 saturated heterocycles. The van der Waals surface area contributed by atoms with Crippen LogP contribution in [0.15, 0.2) is 48.6 Å². The van der Waals surface area contributed by atoms with Crippen molar-refractivity contribution >= 4 is 41.1 Å². The zero-order valence-corrected chi connectivity index (χ0v) is 94.8. The van der Waals surface area contributed by atoms with Crippen LogP contribution in [0.1, 0.15) is 393 Å². The molecule has 11 heterocycles. The summed E-state index contributed by atoms with van der Waals surface area (Å²) in [6.45, 7) is 90.8. The Labute approximate surface area is 844 Å². The lowest BCUT2D eigenvalue weighted by Gasteiger charge is -2.43. The molecule has 9 N–H and O–H groups in total. The third-order valence-corrected chi connectivity index (χ3v) is 30.0. The van der Waals surface area contributed by atoms with Gasteiger partial charge < -0.3 is 76.8 Å². The summed E-state index contributed by atoms with van der Waals surface area (Å²) in [7, 11) is 0. The van der Waals surface area contributed by atoms with Crippen molar-refractivity contribution in [1.29, 1.82) is 0 Å². The number of amidine groups is 2. The van der Waals surface area contributed by atoms with Crippen LogP contribution < -0.4 is 42.5 Å². The van der Waals surface area contributed by atoms with E-state index in [1.165, 1.54) is 142 Å². The Balaban J connectivity index is 0.000000326. The largest absolute Gasteiger partial charge is 0.508 e. The Morgan fingerprint density at radius 3 is 1.01 bits per heavy atom. The molecule has 1 aromatic carbocycles. The number of ether oxygens (including phenoxy) is 1. The number of unbranched alkanes of at least 4 members (excludes halogenated alkanes) is 1. The fourth-order valence-corrected chi connectivity index (χ4v) is 20.3. The van der Waals surface area contributed by atoms with Gasteiger partial charge in [-0.2, -0.15) is 10.2 Å². The van der Waals surface area contributed by atoms with E-state index in [4.69, 9.17) is 4.74 Å². The lowest BCUT2D eigenvalue weighted by molar-refractivity contribution is -0.137. The molecular formula is C113H214N18O7. The zero-order valence-electron chi connectivity index (χ0n) is 94.8. The second-order valence-corrected chi connectivity index (χ2v) is 52.2. The van der Waals surface area contributed by atoms with E-state index in [-0.39, 0.29) is 75.2 Å². The number of Topliss-reactive ketones (excluding diaryl/α,β-unsaturated/α-hetero) is 1. The van der Waals surface area contributed by atoms with Gasteiger partial charge in [0.2, 0.25) is 23.6 Å². The van der Waals surface area contributed by atoms with Crippen LogP contribution in [-0.2, 0) is 35.1 Å². The Bertz CT molecular complexity index is 3580. The van der Waals surface area contributed by atoms with E-state index in [0.29, 0.717) is 108 Å². The van der Waals surface area contributed by atoms with Gasteiger partial charge in [0.05, 0.1) is 6.10 Å². The summed E-state index contributed by atoms with van der Waals surface area (Å²) < 4.78 is 5.52. The highest BCUT2D eigenvalue weighted by Gasteiger charge is 2.41. The average Bonchev–Trinajstić information content (AvgIpc) is 0.850. The zero-order chi connectivity index (χ0) is 104. The molecule has 4 amide bonds. The molecule has 0 spiro atoms. The fraction of sp³-hybridized carbons (Fsp3) is 0.885. The Morgan fingerprint density at radius 2 is 0.717 bits per heavy atom. The molecule has 0 aromatic heterocycles. The highest BCUT2D eigenvalue weighted by atomic mass is 16.5. The number of aliphatic imine (C=N–C) groups is 2. The maximum atomic E-state index is 12.6. The number of piperazine rings is 4. The number of rotatable bonds is 15. The van der Waals surface area contributed by atoms with Crippen LogP contribution in [0.25, 0.3) is 0 Å². The quantitative estimate of drug-likeness (QED) is 0.0738. The second kappa shape index (κ2) is 60.6. The van der Waals surface area contributed by atoms with Gasteiger partial charge in [0, 0.05) is 166 Å². The van der Waals surface area contributed by atoms with Crippen molar-refractivity contribution in [2.75, 3.05) is 138 Å². The number of benzene rings is 1. The van der Waals surface area contributed by atoms with Gasteiger partial charge in [-0.3, -0.25) is 19.2 Å². The van der Waals surface area contributed by atoms with Crippen molar-refractivity contribution in [2.24, 2.45) is 102 Å². The number of aromatic hydroxyl groups is 1. The standard InChI is InChI=1S/C18H28N2O2.C15H28N2O2.C14H25N5O.C13H23N5O.C10H20.3C9H19N.C8H17N.C8H16O/c1-13-5-6-14(11-15(13)21)7-8-17(22)20-10-9-19-12-16(20)18(2,3)4;1-12(18)7-5-6-8-14(19)17-10-9-16-11-13(17)15(2,3)4;1-14(2,3)11-9-15-7-8-19(11)13(20)6-4-5-12-16-10-17-18-12;1-13(2,3)10-8-14-6-7-18(10)12(19)5-4-11-15-9-16-17-11;1-10(2,3)9-7-5-4-6-8-9;1-9(2,3)8-4-6-10-7-5-8;2*1-9(2,3)8-6-4-5-7-10-8;1-8(2,3)7-4-5-9-6-7;1-8(2,3)7-5-4-6-9-7/h5-6,11,16,19,21H,7-10,12H2,1-4H3;13,16H,5-11H2,1-4H3;11,15H,4-10H2,1-3H3;10,14H,4-9H2,1-3H3;9H,4-8H2,1-3H3;3*8,10H,4-7H2,1-3H3;7,9H,4-6H2,1-3H3;7H,4-6H2,1-3H3. The van der Waals surface area contributed by atoms with Crippen molar-refractivity contribution in [3.05, 3.63) is 29.3 Å². The van der Waals surface area contributed by atoms with Crippen molar-refractivity contribution in [2.45, 2.75) is 437 Å². The summed E-state index contributed by atoms with van der Waals surface area (Å²) in [6, 6.07) is 8.18. The molecule has 8 atom stereocenters. The first-order valence-corrected chi connectivity index (χ1v) is 54.8. The van der Waals surface area contributed by atoms with Crippen LogP contribution in [0.2, 0.25) is 0 Å². The van der Waals surface area contributed by atoms with E-state index in [2.05, 4.69) is 286 Å². The number of azo groups is 2. The number of phenols is 1. The first-order chi connectivity index (χ1) is 64.2. The smallest absolute Gasteiger partial charge is 0.223 e. The number of piperidine rings is 3. The van der Waals surface area contributed by atoms with Crippen LogP contribution in [-0.4, -0.2) is 246 Å². The molecule has 13 rings (SSSR count). The highest BCUT2D eigenvalue weighted by molar-refractivity contribution is 5.88. The molecule has 25 nitrogen and oxygen atoms in total. The number of hydrogen-bond acceptors (Lipinski definition) is 21. The molecule has 0 radical (unpaired) electrons. The summed E-state index contributed by atoms with van der Waals surface area (Å²) in [6.07, 6.45) is 30.0. The number of carbonyl (C=O) groups excluding carboxylic acids is 5. The molecule has 11 aliphatic heterocycles. The van der Waals surface area contributed by atoms with Gasteiger partial charge >= 0.3 is 0 Å². The minimum Gasteiger partial charge on any atom is -0.508 e. The second-order valence-electron chi connectivity index (χ2n) is 52.2. The van der Waals surface area contributed by atoms with E-state index in [0.717, 1.165) is 158 Å². The molecule has 1 aliphatic carbocycles. The molecule has 1 saturated carbocycles. The Hall–Kier alpha value is -5.25. The SMILES string of the molecule is CC(=O)CCCCC(=O)N1CCNCC1C(C)(C)C.CC(C)(C)C1CCCCC1.CC(C)(C)C1CCCCN1.CC(C)(C)C1CCCCN1.CC(C)(C)C1CCCO1.CC(C)(C)C1CCNC1.CC(C)(C)C1CCNCC1.CC(C)(C)C1CNCCN1C(=O)CCC1=NCN=N1.CC(C)(C)C1CNCCN1C(=O)CCCC1=NCN=N1.Cc1ccc(CCC(=O)N2CCNCC2C(C)(C)C)cc1O. The molecule has 138 heavy (non-hydrogen) atoms. The minimum absolute atomic E-state index is 0.0746. The summed E-state index contributed by atoms with van der Waals surface area (Å²) >= 11 is 0. The predicted octanol–water partition coefficient (Wildman–Crippen LogP) is 21.6. The summed E-state index contributed by atoms with van der Waals surface area (Å²) in [4.78, 5) is 77.0. The maximum Gasteiger partial charge on any atom is 0.223 e. The van der Waals surface area contributed by atoms with E-state index in [1.807, 2.05) is 33.8 Å². The third-order valence-electron chi connectivity index (χ3n) is 30.0. The average molecular weight is 1940 g/mol. The Kier molecular flexibility index (Phi) is 54.9. The predicted molar refractivity (Wildman–Crippen MR) is 579 cm³/mol. The van der Waals surface area contributed by atoms with Gasteiger partial charge in [-0.1, -0.05) is 252 Å². The molecule has 12 aliphatic rings. The van der Waals surface area contributed by atoms with Crippen LogP contribution >= 0.6 is 0 Å². The first-order valence-electron chi connectivity index (χ1n) is 54.8. The number of hydrogen-bond donors (Lipinski definition) is 9. The van der Waals surface area contributed by atoms with E-state index < -0.39 is 0 Å². The Morgan fingerprint density at radius 1 is 0.355 bits per heavy atom. The fourth-order valence-electron chi connectivity index (χ4n) is 20.3. The molecule has 8 unspecified atom stereocenters. The van der Waals surface area contributed by atoms with Gasteiger partial charge in [0.25, 0.3) is 0 Å². The number of aryl methyl sites for hydroxylation is 2. The van der Waals surface area contributed by atoms with Crippen molar-refractivity contribution in [3.8, 4) is 5.75 Å². The molecule has 1 aromatic rings. The van der Waals surface area contributed by atoms with Gasteiger partial charge in [0.15, 0.2) is 13.3 Å². The van der Waals surface area contributed by atoms with E-state index in [1.54, 1.807) is 13.0 Å². The lowest BCUT2D eigenvalue weighted by atomic mass is 9.72. The van der Waals surface area contributed by atoms with E-state index >= 15 is 0 Å². The summed E-state index contributed by atoms with van der Waals surface area (Å²) in [5.41, 5.74) is 5.14. The molecule has 10 fully saturated rings. The third kappa shape index (κ3) is 49.6. The molecule has 798 valence electrons. The number of ketones is 1. The van der Waals surface area contributed by atoms with Crippen LogP contribution in [0.4, 0.5) is 0 Å². The number of amides is 4. The van der Waals surface area contributed by atoms with Gasteiger partial charge in [-0.15, -0.1) is 10.2 Å². The summed E-state index contributed by atoms with van der Waals surface area (Å²) in [5.74, 6) is 5.75. The van der Waals surface area contributed by atoms with Crippen molar-refractivity contribution < 1.29 is 33.8 Å². The summed E-state index contributed by atoms with van der Waals surface area (Å²) in [5, 5.41) is 52.6. The molecule has 25 heteroatoms.